The zero-order chi connectivity index (χ0) is 14.0. The molecule has 0 fully saturated rings. The maximum absolute atomic E-state index is 12.0. The molecule has 0 atom stereocenters. The monoisotopic (exact) mass is 298 g/mol. The summed E-state index contributed by atoms with van der Waals surface area (Å²) >= 11 is 1.89. The van der Waals surface area contributed by atoms with Crippen molar-refractivity contribution in [1.29, 1.82) is 0 Å². The summed E-state index contributed by atoms with van der Waals surface area (Å²) in [5.74, 6) is -0.188. The van der Waals surface area contributed by atoms with Crippen LogP contribution in [0.3, 0.4) is 0 Å². The van der Waals surface area contributed by atoms with E-state index in [2.05, 4.69) is 25.7 Å². The first-order chi connectivity index (χ1) is 8.07. The lowest BCUT2D eigenvalue weighted by molar-refractivity contribution is 0.0724. The second kappa shape index (κ2) is 5.63. The van der Waals surface area contributed by atoms with E-state index in [4.69, 9.17) is 4.43 Å². The summed E-state index contributed by atoms with van der Waals surface area (Å²) in [7, 11) is -3.04. The highest BCUT2D eigenvalue weighted by molar-refractivity contribution is 8.28. The van der Waals surface area contributed by atoms with Crippen LogP contribution in [0.4, 0.5) is 0 Å². The van der Waals surface area contributed by atoms with Gasteiger partial charge in [0.2, 0.25) is 8.32 Å². The molecule has 1 rings (SSSR count). The molecule has 0 bridgehead atoms. The molecule has 1 aromatic rings. The van der Waals surface area contributed by atoms with Gasteiger partial charge in [-0.2, -0.15) is 11.2 Å². The second-order valence-electron chi connectivity index (χ2n) is 6.24. The Balaban J connectivity index is 2.85. The third-order valence-corrected chi connectivity index (χ3v) is 6.34. The minimum Gasteiger partial charge on any atom is -0.516 e. The van der Waals surface area contributed by atoms with Gasteiger partial charge in [-0.1, -0.05) is 25.7 Å². The van der Waals surface area contributed by atoms with Gasteiger partial charge in [-0.25, -0.2) is 4.79 Å². The lowest BCUT2D eigenvalue weighted by Gasteiger charge is -2.18. The summed E-state index contributed by atoms with van der Waals surface area (Å²) in [5, 5.41) is 0. The predicted octanol–water partition coefficient (Wildman–Crippen LogP) is 4.61. The fourth-order valence-electron chi connectivity index (χ4n) is 1.38. The lowest BCUT2D eigenvalue weighted by atomic mass is 10.2. The molecule has 5 heteroatoms. The van der Waals surface area contributed by atoms with Gasteiger partial charge in [0.25, 0.3) is 0 Å². The van der Waals surface area contributed by atoms with Crippen molar-refractivity contribution >= 4 is 32.7 Å². The molecule has 0 aliphatic heterocycles. The number of hydrogen-bond acceptors (Lipinski definition) is 3. The normalized spacial score (nSPS) is 12.3. The number of rotatable bonds is 4. The Morgan fingerprint density at radius 1 is 1.11 bits per heavy atom. The summed E-state index contributed by atoms with van der Waals surface area (Å²) < 4.78 is 5.51. The lowest BCUT2D eigenvalue weighted by Crippen LogP contribution is -2.29. The van der Waals surface area contributed by atoms with Gasteiger partial charge in [-0.05, 0) is 37.8 Å². The van der Waals surface area contributed by atoms with Gasteiger partial charge in [0, 0.05) is 4.90 Å². The molecule has 0 aliphatic rings. The van der Waals surface area contributed by atoms with Crippen LogP contribution in [0, 0.1) is 0 Å². The van der Waals surface area contributed by atoms with Crippen molar-refractivity contribution in [3.05, 3.63) is 29.8 Å². The van der Waals surface area contributed by atoms with Gasteiger partial charge in [-0.3, -0.25) is 0 Å². The van der Waals surface area contributed by atoms with Gasteiger partial charge >= 0.3 is 5.97 Å². The van der Waals surface area contributed by atoms with Gasteiger partial charge in [0.15, 0.2) is 0 Å². The van der Waals surface area contributed by atoms with Crippen LogP contribution in [0.25, 0.3) is 0 Å². The van der Waals surface area contributed by atoms with E-state index in [1.807, 2.05) is 49.1 Å². The predicted molar refractivity (Wildman–Crippen MR) is 84.4 cm³/mol. The summed E-state index contributed by atoms with van der Waals surface area (Å²) in [5.41, 5.74) is 0.667. The Kier molecular flexibility index (Phi) is 4.86. The number of hydrogen-bond donors (Lipinski definition) is 0. The van der Waals surface area contributed by atoms with Crippen LogP contribution in [0.15, 0.2) is 29.2 Å². The maximum atomic E-state index is 12.0. The molecule has 0 aliphatic carbocycles. The topological polar surface area (TPSA) is 26.3 Å². The zero-order valence-corrected chi connectivity index (χ0v) is 14.9. The van der Waals surface area contributed by atoms with Gasteiger partial charge < -0.3 is 4.43 Å². The minimum absolute atomic E-state index is 0.188. The van der Waals surface area contributed by atoms with Crippen molar-refractivity contribution in [3.8, 4) is 0 Å². The Hall–Kier alpha value is -0.526. The highest BCUT2D eigenvalue weighted by Gasteiger charge is 2.21. The molecular formula is C13H22O2SSi2. The molecule has 0 radical (unpaired) electrons. The summed E-state index contributed by atoms with van der Waals surface area (Å²) in [6.45, 7) is 12.9. The standard InChI is InChI=1S/C13H22O2SSi2/c1-17(2,3)15-13(14)11-8-7-9-12(10-11)16-18(4,5)6/h7-10H,1-6H3. The first-order valence-corrected chi connectivity index (χ1v) is 14.5. The Morgan fingerprint density at radius 3 is 2.22 bits per heavy atom. The molecule has 0 amide bonds. The SMILES string of the molecule is C[Si](C)(C)OC(=O)c1cccc(S[Si](C)(C)C)c1. The van der Waals surface area contributed by atoms with E-state index in [0.717, 1.165) is 0 Å². The molecule has 0 unspecified atom stereocenters. The van der Waals surface area contributed by atoms with Gasteiger partial charge in [0.05, 0.1) is 5.56 Å². The Bertz CT molecular complexity index is 433. The minimum atomic E-state index is -1.81. The third-order valence-electron chi connectivity index (χ3n) is 1.89. The van der Waals surface area contributed by atoms with Crippen LogP contribution in [-0.2, 0) is 4.43 Å². The van der Waals surface area contributed by atoms with Crippen molar-refractivity contribution in [2.75, 3.05) is 0 Å². The molecule has 18 heavy (non-hydrogen) atoms. The fraction of sp³-hybridized carbons (Fsp3) is 0.462. The van der Waals surface area contributed by atoms with E-state index in [1.165, 1.54) is 4.90 Å². The molecule has 0 heterocycles. The van der Waals surface area contributed by atoms with E-state index in [1.54, 1.807) is 0 Å². The van der Waals surface area contributed by atoms with Gasteiger partial charge in [0.1, 0.15) is 7.22 Å². The first kappa shape index (κ1) is 15.5. The van der Waals surface area contributed by atoms with Crippen molar-refractivity contribution in [2.45, 2.75) is 44.2 Å². The van der Waals surface area contributed by atoms with Crippen LogP contribution >= 0.6 is 11.2 Å². The average Bonchev–Trinajstić information content (AvgIpc) is 2.12. The van der Waals surface area contributed by atoms with Gasteiger partial charge in [-0.15, -0.1) is 0 Å². The quantitative estimate of drug-likeness (QED) is 0.760. The summed E-state index contributed by atoms with van der Waals surface area (Å²) in [6, 6.07) is 7.78. The van der Waals surface area contributed by atoms with E-state index in [-0.39, 0.29) is 5.97 Å². The van der Waals surface area contributed by atoms with Crippen LogP contribution in [0.1, 0.15) is 10.4 Å². The first-order valence-electron chi connectivity index (χ1n) is 6.09. The second-order valence-corrected chi connectivity index (χ2v) is 19.9. The molecule has 100 valence electrons. The molecule has 1 aromatic carbocycles. The Morgan fingerprint density at radius 2 is 1.72 bits per heavy atom. The Labute approximate surface area is 116 Å². The maximum Gasteiger partial charge on any atom is 0.324 e. The summed E-state index contributed by atoms with van der Waals surface area (Å²) in [6.07, 6.45) is 0. The molecule has 2 nitrogen and oxygen atoms in total. The number of carbonyl (C=O) groups is 1. The molecular weight excluding hydrogens is 276 g/mol. The van der Waals surface area contributed by atoms with Crippen LogP contribution in [-0.4, -0.2) is 21.5 Å². The third kappa shape index (κ3) is 5.88. The average molecular weight is 299 g/mol. The van der Waals surface area contributed by atoms with E-state index in [9.17, 15) is 4.79 Å². The van der Waals surface area contributed by atoms with E-state index < -0.39 is 15.5 Å². The van der Waals surface area contributed by atoms with Crippen LogP contribution < -0.4 is 0 Å². The van der Waals surface area contributed by atoms with E-state index in [0.29, 0.717) is 5.56 Å². The number of benzene rings is 1. The van der Waals surface area contributed by atoms with Crippen LogP contribution in [0.5, 0.6) is 0 Å². The van der Waals surface area contributed by atoms with Crippen molar-refractivity contribution in [1.82, 2.24) is 0 Å². The largest absolute Gasteiger partial charge is 0.516 e. The molecule has 0 spiro atoms. The summed E-state index contributed by atoms with van der Waals surface area (Å²) in [4.78, 5) is 13.2. The highest BCUT2D eigenvalue weighted by Crippen LogP contribution is 2.29. The highest BCUT2D eigenvalue weighted by atomic mass is 32.4. The molecule has 0 saturated carbocycles. The van der Waals surface area contributed by atoms with Crippen molar-refractivity contribution in [3.63, 3.8) is 0 Å². The molecule has 0 saturated heterocycles. The van der Waals surface area contributed by atoms with Crippen molar-refractivity contribution in [2.24, 2.45) is 0 Å². The van der Waals surface area contributed by atoms with Crippen LogP contribution in [0.2, 0.25) is 39.3 Å². The smallest absolute Gasteiger partial charge is 0.324 e. The van der Waals surface area contributed by atoms with E-state index >= 15 is 0 Å². The van der Waals surface area contributed by atoms with Crippen molar-refractivity contribution < 1.29 is 9.22 Å². The molecule has 0 N–H and O–H groups in total. The zero-order valence-electron chi connectivity index (χ0n) is 12.0. The molecule has 0 aromatic heterocycles. The fourth-order valence-corrected chi connectivity index (χ4v) is 5.59. The number of carbonyl (C=O) groups excluding carboxylic acids is 1.